The van der Waals surface area contributed by atoms with Crippen LogP contribution in [-0.2, 0) is 0 Å². The molecule has 0 atom stereocenters. The van der Waals surface area contributed by atoms with Gasteiger partial charge in [0, 0.05) is 22.0 Å². The molecule has 0 spiro atoms. The van der Waals surface area contributed by atoms with E-state index in [1.807, 2.05) is 48.0 Å². The molecule has 0 saturated carbocycles. The molecule has 3 rings (SSSR count). The summed E-state index contributed by atoms with van der Waals surface area (Å²) in [6.07, 6.45) is 3.71. The summed E-state index contributed by atoms with van der Waals surface area (Å²) in [5, 5.41) is 5.29. The first-order valence-electron chi connectivity index (χ1n) is 6.58. The smallest absolute Gasteiger partial charge is 0.257 e. The molecule has 110 valence electrons. The van der Waals surface area contributed by atoms with Crippen molar-refractivity contribution in [3.8, 4) is 11.4 Å². The minimum absolute atomic E-state index is 0.155. The Bertz CT molecular complexity index is 787. The van der Waals surface area contributed by atoms with E-state index in [0.717, 1.165) is 16.3 Å². The van der Waals surface area contributed by atoms with Gasteiger partial charge in [0.25, 0.3) is 5.91 Å². The molecule has 22 heavy (non-hydrogen) atoms. The van der Waals surface area contributed by atoms with E-state index < -0.39 is 0 Å². The number of hydrogen-bond donors (Lipinski definition) is 1. The van der Waals surface area contributed by atoms with E-state index in [2.05, 4.69) is 15.3 Å². The lowest BCUT2D eigenvalue weighted by Gasteiger charge is -2.03. The van der Waals surface area contributed by atoms with Crippen molar-refractivity contribution in [3.63, 3.8) is 0 Å². The Morgan fingerprint density at radius 3 is 2.86 bits per heavy atom. The highest BCUT2D eigenvalue weighted by Gasteiger charge is 2.10. The Balaban J connectivity index is 1.76. The summed E-state index contributed by atoms with van der Waals surface area (Å²) in [6, 6.07) is 13.2. The van der Waals surface area contributed by atoms with E-state index in [0.29, 0.717) is 10.7 Å². The monoisotopic (exact) mass is 327 g/mol. The number of nitrogens with zero attached hydrogens (tertiary/aromatic N) is 2. The van der Waals surface area contributed by atoms with Gasteiger partial charge in [0.1, 0.15) is 5.69 Å². The molecule has 0 fully saturated rings. The van der Waals surface area contributed by atoms with Gasteiger partial charge in [-0.15, -0.1) is 23.1 Å². The molecule has 3 aromatic rings. The first kappa shape index (κ1) is 14.7. The molecule has 0 aliphatic heterocycles. The number of carbonyl (C=O) groups excluding carboxylic acids is 1. The second-order valence-electron chi connectivity index (χ2n) is 4.44. The molecule has 2 heterocycles. The van der Waals surface area contributed by atoms with Gasteiger partial charge in [0.15, 0.2) is 5.13 Å². The largest absolute Gasteiger partial charge is 0.298 e. The van der Waals surface area contributed by atoms with Crippen molar-refractivity contribution in [1.29, 1.82) is 0 Å². The third kappa shape index (κ3) is 3.35. The van der Waals surface area contributed by atoms with E-state index in [4.69, 9.17) is 0 Å². The van der Waals surface area contributed by atoms with Gasteiger partial charge in [-0.25, -0.2) is 4.98 Å². The Labute approximate surface area is 136 Å². The van der Waals surface area contributed by atoms with Crippen molar-refractivity contribution >= 4 is 34.1 Å². The fraction of sp³-hybridized carbons (Fsp3) is 0.0625. The Morgan fingerprint density at radius 2 is 2.09 bits per heavy atom. The minimum Gasteiger partial charge on any atom is -0.298 e. The number of hydrogen-bond acceptors (Lipinski definition) is 5. The summed E-state index contributed by atoms with van der Waals surface area (Å²) >= 11 is 3.00. The van der Waals surface area contributed by atoms with E-state index in [-0.39, 0.29) is 5.91 Å². The van der Waals surface area contributed by atoms with Crippen molar-refractivity contribution in [2.75, 3.05) is 11.6 Å². The highest BCUT2D eigenvalue weighted by Crippen LogP contribution is 2.24. The molecular formula is C16H13N3OS2. The summed E-state index contributed by atoms with van der Waals surface area (Å²) in [5.41, 5.74) is 2.18. The Hall–Kier alpha value is -2.18. The zero-order valence-electron chi connectivity index (χ0n) is 11.8. The predicted molar refractivity (Wildman–Crippen MR) is 91.5 cm³/mol. The fourth-order valence-electron chi connectivity index (χ4n) is 1.90. The lowest BCUT2D eigenvalue weighted by molar-refractivity contribution is 0.102. The zero-order chi connectivity index (χ0) is 15.4. The van der Waals surface area contributed by atoms with Gasteiger partial charge in [0.05, 0.1) is 5.69 Å². The average Bonchev–Trinajstić information content (AvgIpc) is 3.04. The molecule has 0 aliphatic carbocycles. The number of benzene rings is 1. The second kappa shape index (κ2) is 6.72. The van der Waals surface area contributed by atoms with Crippen LogP contribution in [0.1, 0.15) is 10.4 Å². The average molecular weight is 327 g/mol. The standard InChI is InChI=1S/C16H13N3OS2/c1-21-12-6-4-5-11(9-12)15(20)19-16-18-14(10-22-16)13-7-2-3-8-17-13/h2-10H,1H3,(H,18,19,20). The molecule has 0 saturated heterocycles. The lowest BCUT2D eigenvalue weighted by atomic mass is 10.2. The molecule has 0 radical (unpaired) electrons. The van der Waals surface area contributed by atoms with E-state index >= 15 is 0 Å². The molecule has 1 N–H and O–H groups in total. The molecular weight excluding hydrogens is 314 g/mol. The summed E-state index contributed by atoms with van der Waals surface area (Å²) in [7, 11) is 0. The van der Waals surface area contributed by atoms with Crippen LogP contribution in [0.2, 0.25) is 0 Å². The number of pyridine rings is 1. The van der Waals surface area contributed by atoms with Gasteiger partial charge in [-0.3, -0.25) is 15.1 Å². The number of thioether (sulfide) groups is 1. The molecule has 4 nitrogen and oxygen atoms in total. The zero-order valence-corrected chi connectivity index (χ0v) is 13.4. The van der Waals surface area contributed by atoms with Crippen LogP contribution in [-0.4, -0.2) is 22.1 Å². The number of amides is 1. The topological polar surface area (TPSA) is 54.9 Å². The van der Waals surface area contributed by atoms with Crippen molar-refractivity contribution in [3.05, 3.63) is 59.6 Å². The minimum atomic E-state index is -0.155. The van der Waals surface area contributed by atoms with Gasteiger partial charge >= 0.3 is 0 Å². The van der Waals surface area contributed by atoms with Crippen LogP contribution in [0.25, 0.3) is 11.4 Å². The second-order valence-corrected chi connectivity index (χ2v) is 6.18. The van der Waals surface area contributed by atoms with Crippen LogP contribution in [0, 0.1) is 0 Å². The van der Waals surface area contributed by atoms with Crippen LogP contribution < -0.4 is 5.32 Å². The quantitative estimate of drug-likeness (QED) is 0.730. The number of thiazole rings is 1. The molecule has 2 aromatic heterocycles. The molecule has 0 aliphatic rings. The number of anilines is 1. The third-order valence-electron chi connectivity index (χ3n) is 2.98. The number of nitrogens with one attached hydrogen (secondary N) is 1. The van der Waals surface area contributed by atoms with Crippen molar-refractivity contribution in [2.24, 2.45) is 0 Å². The molecule has 6 heteroatoms. The Morgan fingerprint density at radius 1 is 1.18 bits per heavy atom. The first-order valence-corrected chi connectivity index (χ1v) is 8.69. The van der Waals surface area contributed by atoms with Crippen LogP contribution in [0.15, 0.2) is 58.9 Å². The summed E-state index contributed by atoms with van der Waals surface area (Å²) in [5.74, 6) is -0.155. The van der Waals surface area contributed by atoms with Gasteiger partial charge in [-0.2, -0.15) is 0 Å². The van der Waals surface area contributed by atoms with Crippen molar-refractivity contribution in [1.82, 2.24) is 9.97 Å². The molecule has 1 amide bonds. The van der Waals surface area contributed by atoms with Crippen LogP contribution in [0.4, 0.5) is 5.13 Å². The summed E-state index contributed by atoms with van der Waals surface area (Å²) in [6.45, 7) is 0. The lowest BCUT2D eigenvalue weighted by Crippen LogP contribution is -2.11. The van der Waals surface area contributed by atoms with Crippen LogP contribution in [0.3, 0.4) is 0 Å². The summed E-state index contributed by atoms with van der Waals surface area (Å²) < 4.78 is 0. The molecule has 0 unspecified atom stereocenters. The van der Waals surface area contributed by atoms with Gasteiger partial charge in [0.2, 0.25) is 0 Å². The van der Waals surface area contributed by atoms with E-state index in [1.54, 1.807) is 24.0 Å². The number of rotatable bonds is 4. The first-order chi connectivity index (χ1) is 10.8. The Kier molecular flexibility index (Phi) is 4.50. The fourth-order valence-corrected chi connectivity index (χ4v) is 3.06. The van der Waals surface area contributed by atoms with Crippen LogP contribution >= 0.6 is 23.1 Å². The third-order valence-corrected chi connectivity index (χ3v) is 4.47. The highest BCUT2D eigenvalue weighted by atomic mass is 32.2. The van der Waals surface area contributed by atoms with Gasteiger partial charge in [-0.1, -0.05) is 12.1 Å². The van der Waals surface area contributed by atoms with Crippen molar-refractivity contribution in [2.45, 2.75) is 4.90 Å². The number of carbonyl (C=O) groups is 1. The van der Waals surface area contributed by atoms with Gasteiger partial charge < -0.3 is 0 Å². The summed E-state index contributed by atoms with van der Waals surface area (Å²) in [4.78, 5) is 22.0. The van der Waals surface area contributed by atoms with Crippen molar-refractivity contribution < 1.29 is 4.79 Å². The maximum atomic E-state index is 12.3. The van der Waals surface area contributed by atoms with E-state index in [9.17, 15) is 4.79 Å². The molecule has 0 bridgehead atoms. The SMILES string of the molecule is CSc1cccc(C(=O)Nc2nc(-c3ccccn3)cs2)c1. The maximum Gasteiger partial charge on any atom is 0.257 e. The van der Waals surface area contributed by atoms with E-state index in [1.165, 1.54) is 11.3 Å². The van der Waals surface area contributed by atoms with Gasteiger partial charge in [-0.05, 0) is 36.6 Å². The van der Waals surface area contributed by atoms with Crippen LogP contribution in [0.5, 0.6) is 0 Å². The molecule has 1 aromatic carbocycles. The maximum absolute atomic E-state index is 12.3. The number of aromatic nitrogens is 2. The predicted octanol–water partition coefficient (Wildman–Crippen LogP) is 4.18. The normalized spacial score (nSPS) is 10.4. The highest BCUT2D eigenvalue weighted by molar-refractivity contribution is 7.98.